The second-order valence-corrected chi connectivity index (χ2v) is 17.9. The van der Waals surface area contributed by atoms with Gasteiger partial charge in [0.1, 0.15) is 22.4 Å². The Morgan fingerprint density at radius 1 is 0.273 bits per heavy atom. The van der Waals surface area contributed by atoms with Crippen molar-refractivity contribution in [2.45, 2.75) is 260 Å². The Morgan fingerprint density at radius 2 is 0.403 bits per heavy atom. The Kier molecular flexibility index (Phi) is 51.6. The minimum Gasteiger partial charge on any atom is -0.547 e. The summed E-state index contributed by atoms with van der Waals surface area (Å²) < 4.78 is 43.0. The van der Waals surface area contributed by atoms with Gasteiger partial charge in [-0.05, 0) is 103 Å². The number of rotatable bonds is 44. The molecule has 0 aromatic carbocycles. The van der Waals surface area contributed by atoms with E-state index in [1.807, 2.05) is 111 Å². The fourth-order valence-corrected chi connectivity index (χ4v) is 7.59. The molecule has 77 heavy (non-hydrogen) atoms. The summed E-state index contributed by atoms with van der Waals surface area (Å²) >= 11 is 0. The zero-order valence-corrected chi connectivity index (χ0v) is 53.5. The van der Waals surface area contributed by atoms with Crippen molar-refractivity contribution in [3.05, 3.63) is 0 Å². The quantitative estimate of drug-likeness (QED) is 0.0605. The number of carboxylic acids is 4. The maximum Gasteiger partial charge on any atom is 4.00 e. The average molecular weight is 1270 g/mol. The molecule has 0 spiro atoms. The smallest absolute Gasteiger partial charge is 0.547 e. The topological polar surface area (TPSA) is 303 Å². The summed E-state index contributed by atoms with van der Waals surface area (Å²) in [7, 11) is 0. The van der Waals surface area contributed by atoms with E-state index in [2.05, 4.69) is 0 Å². The SMILES string of the molecule is CCCOC(C(=O)[O-])C(=O)C(CC)(CC)OCCC.CCCOC(C(=O)[O-])C(=O)C(CC)(CC)OCCC.CCCOC(C(=O)[O-])C(=O)C(CC)(CC)OCCC.CCCOC(C(=O)[O-])C(=O)C(CC)(CC)OCCC.[Hf+4]. The zero-order valence-electron chi connectivity index (χ0n) is 49.9. The molecule has 4 unspecified atom stereocenters. The van der Waals surface area contributed by atoms with Crippen molar-refractivity contribution in [3.8, 4) is 0 Å². The molecule has 0 saturated carbocycles. The van der Waals surface area contributed by atoms with Crippen LogP contribution in [0.3, 0.4) is 0 Å². The Hall–Kier alpha value is -2.89. The maximum absolute atomic E-state index is 12.4. The van der Waals surface area contributed by atoms with Crippen LogP contribution in [0.5, 0.6) is 0 Å². The van der Waals surface area contributed by atoms with Crippen molar-refractivity contribution < 1.29 is 123 Å². The van der Waals surface area contributed by atoms with Gasteiger partial charge in [-0.1, -0.05) is 111 Å². The van der Waals surface area contributed by atoms with E-state index in [9.17, 15) is 58.8 Å². The number of ether oxygens (including phenoxy) is 8. The van der Waals surface area contributed by atoms with Gasteiger partial charge in [0.15, 0.2) is 47.5 Å². The number of aliphatic carboxylic acids is 4. The minimum absolute atomic E-state index is 0. The van der Waals surface area contributed by atoms with Crippen LogP contribution in [0.2, 0.25) is 0 Å². The van der Waals surface area contributed by atoms with Crippen LogP contribution in [0.1, 0.15) is 214 Å². The molecule has 20 nitrogen and oxygen atoms in total. The van der Waals surface area contributed by atoms with E-state index in [1.165, 1.54) is 0 Å². The van der Waals surface area contributed by atoms with Gasteiger partial charge in [0.25, 0.3) is 0 Å². The Balaban J connectivity index is -0.000000298. The molecule has 0 fully saturated rings. The van der Waals surface area contributed by atoms with Gasteiger partial charge in [0.05, 0.1) is 23.9 Å². The normalized spacial score (nSPS) is 13.1. The van der Waals surface area contributed by atoms with Crippen LogP contribution in [0.15, 0.2) is 0 Å². The number of ketones is 4. The van der Waals surface area contributed by atoms with Crippen molar-refractivity contribution in [2.75, 3.05) is 52.9 Å². The molecule has 0 radical (unpaired) electrons. The van der Waals surface area contributed by atoms with Crippen LogP contribution in [0.4, 0.5) is 0 Å². The predicted octanol–water partition coefficient (Wildman–Crippen LogP) is 4.34. The first kappa shape index (κ1) is 82.9. The first-order valence-electron chi connectivity index (χ1n) is 28.0. The molecular weight excluding hydrogens is 1170 g/mol. The van der Waals surface area contributed by atoms with E-state index in [0.29, 0.717) is 103 Å². The average Bonchev–Trinajstić information content (AvgIpc) is 3.41. The molecule has 0 aliphatic rings. The fraction of sp³-hybridized carbons (Fsp3) is 0.857. The van der Waals surface area contributed by atoms with Crippen LogP contribution in [0.25, 0.3) is 0 Å². The van der Waals surface area contributed by atoms with E-state index in [4.69, 9.17) is 37.9 Å². The third kappa shape index (κ3) is 28.9. The van der Waals surface area contributed by atoms with Gasteiger partial charge in [-0.2, -0.15) is 0 Å². The van der Waals surface area contributed by atoms with E-state index < -0.39 is 93.8 Å². The molecule has 21 heteroatoms. The molecule has 4 atom stereocenters. The van der Waals surface area contributed by atoms with Gasteiger partial charge in [0.2, 0.25) is 0 Å². The second kappa shape index (κ2) is 47.9. The largest absolute Gasteiger partial charge is 4.00 e. The number of Topliss-reactive ketones (excluding diaryl/α,β-unsaturated/α-hetero) is 4. The van der Waals surface area contributed by atoms with Gasteiger partial charge in [0, 0.05) is 52.9 Å². The summed E-state index contributed by atoms with van der Waals surface area (Å²) in [5.41, 5.74) is -4.36. The number of carboxylic acid groups (broad SMARTS) is 4. The summed E-state index contributed by atoms with van der Waals surface area (Å²) in [5, 5.41) is 44.3. The standard InChI is InChI=1S/4C14H26O5.Hf/c4*1-5-9-18-11(13(16)17)12(15)14(7-3,8-4)19-10-6-2;/h4*11H,5-10H2,1-4H3,(H,16,17);/q;;;;+4/p-4. The van der Waals surface area contributed by atoms with Gasteiger partial charge in [-0.15, -0.1) is 0 Å². The van der Waals surface area contributed by atoms with Crippen molar-refractivity contribution >= 4 is 47.0 Å². The molecule has 0 aliphatic carbocycles. The molecule has 0 aromatic heterocycles. The molecule has 0 amide bonds. The van der Waals surface area contributed by atoms with Crippen LogP contribution >= 0.6 is 0 Å². The molecule has 0 bridgehead atoms. The molecule has 448 valence electrons. The molecule has 0 saturated heterocycles. The number of carbonyl (C=O) groups excluding carboxylic acids is 8. The summed E-state index contributed by atoms with van der Waals surface area (Å²) in [6.07, 6.45) is 2.77. The predicted molar refractivity (Wildman–Crippen MR) is 278 cm³/mol. The monoisotopic (exact) mass is 1270 g/mol. The fourth-order valence-electron chi connectivity index (χ4n) is 7.59. The van der Waals surface area contributed by atoms with Gasteiger partial charge in [-0.3, -0.25) is 19.2 Å². The first-order valence-corrected chi connectivity index (χ1v) is 28.0. The number of carbonyl (C=O) groups is 8. The van der Waals surface area contributed by atoms with Crippen molar-refractivity contribution in [3.63, 3.8) is 0 Å². The summed E-state index contributed by atoms with van der Waals surface area (Å²) in [6.45, 7) is 32.1. The van der Waals surface area contributed by atoms with Crippen molar-refractivity contribution in [1.29, 1.82) is 0 Å². The van der Waals surface area contributed by atoms with Crippen LogP contribution in [0, 0.1) is 0 Å². The number of hydrogen-bond donors (Lipinski definition) is 0. The van der Waals surface area contributed by atoms with Crippen LogP contribution < -0.4 is 20.4 Å². The summed E-state index contributed by atoms with van der Waals surface area (Å²) in [4.78, 5) is 94.0. The van der Waals surface area contributed by atoms with Gasteiger partial charge >= 0.3 is 25.8 Å². The van der Waals surface area contributed by atoms with E-state index in [-0.39, 0.29) is 52.3 Å². The van der Waals surface area contributed by atoms with E-state index >= 15 is 0 Å². The summed E-state index contributed by atoms with van der Waals surface area (Å²) in [6, 6.07) is 0. The molecule has 0 N–H and O–H groups in total. The molecule has 0 rings (SSSR count). The molecular formula is C56H100HfO20. The Morgan fingerprint density at radius 3 is 0.494 bits per heavy atom. The third-order valence-corrected chi connectivity index (χ3v) is 12.5. The summed E-state index contributed by atoms with van der Waals surface area (Å²) in [5.74, 6) is -8.15. The second-order valence-electron chi connectivity index (χ2n) is 17.9. The zero-order chi connectivity index (χ0) is 59.6. The van der Waals surface area contributed by atoms with E-state index in [0.717, 1.165) is 25.7 Å². The van der Waals surface area contributed by atoms with Gasteiger partial charge in [-0.25, -0.2) is 0 Å². The Bertz CT molecular complexity index is 1370. The van der Waals surface area contributed by atoms with Gasteiger partial charge < -0.3 is 77.5 Å². The molecule has 0 aromatic rings. The first-order chi connectivity index (χ1) is 35.9. The minimum atomic E-state index is -1.54. The molecule has 0 aliphatic heterocycles. The third-order valence-electron chi connectivity index (χ3n) is 12.5. The van der Waals surface area contributed by atoms with E-state index in [1.54, 1.807) is 0 Å². The molecule has 0 heterocycles. The van der Waals surface area contributed by atoms with Crippen molar-refractivity contribution in [2.24, 2.45) is 0 Å². The van der Waals surface area contributed by atoms with Crippen LogP contribution in [-0.2, 0) is 102 Å². The maximum atomic E-state index is 12.4. The van der Waals surface area contributed by atoms with Crippen molar-refractivity contribution in [1.82, 2.24) is 0 Å². The Labute approximate surface area is 480 Å². The van der Waals surface area contributed by atoms with Crippen LogP contribution in [-0.4, -0.2) is 147 Å². The number of hydrogen-bond acceptors (Lipinski definition) is 20.